The van der Waals surface area contributed by atoms with E-state index in [0.717, 1.165) is 36.6 Å². The number of aryl methyl sites for hydroxylation is 1. The Hall–Kier alpha value is -3.02. The first-order valence-corrected chi connectivity index (χ1v) is 11.0. The van der Waals surface area contributed by atoms with E-state index in [2.05, 4.69) is 40.7 Å². The molecule has 2 aromatic rings. The van der Waals surface area contributed by atoms with Crippen LogP contribution in [0.2, 0.25) is 0 Å². The molecular formula is C25H33N3O3. The smallest absolute Gasteiger partial charge is 0.340 e. The molecule has 0 unspecified atom stereocenters. The molecule has 1 aromatic heterocycles. The number of benzene rings is 1. The van der Waals surface area contributed by atoms with Crippen LogP contribution in [0.4, 0.5) is 5.69 Å². The second-order valence-electron chi connectivity index (χ2n) is 7.91. The number of aromatic nitrogens is 1. The standard InChI is InChI=1S/C25H33N3O3/c1-6-28-19(4)22(24(20(28)5)25(30)31-7-2)11-12-23(29)27-15-13-26(14-16-27)21-10-8-9-18(3)17-21/h8-12,17H,6-7,13-16H2,1-5H3/b12-11+. The van der Waals surface area contributed by atoms with Crippen LogP contribution in [-0.4, -0.2) is 54.1 Å². The van der Waals surface area contributed by atoms with E-state index in [1.54, 1.807) is 19.1 Å². The first-order valence-electron chi connectivity index (χ1n) is 11.0. The zero-order chi connectivity index (χ0) is 22.5. The highest BCUT2D eigenvalue weighted by atomic mass is 16.5. The van der Waals surface area contributed by atoms with E-state index < -0.39 is 0 Å². The van der Waals surface area contributed by atoms with E-state index >= 15 is 0 Å². The number of esters is 1. The Labute approximate surface area is 185 Å². The summed E-state index contributed by atoms with van der Waals surface area (Å²) in [7, 11) is 0. The molecule has 0 N–H and O–H groups in total. The summed E-state index contributed by atoms with van der Waals surface area (Å²) >= 11 is 0. The van der Waals surface area contributed by atoms with Gasteiger partial charge >= 0.3 is 5.97 Å². The van der Waals surface area contributed by atoms with Crippen LogP contribution < -0.4 is 4.90 Å². The zero-order valence-electron chi connectivity index (χ0n) is 19.3. The first-order chi connectivity index (χ1) is 14.9. The maximum Gasteiger partial charge on any atom is 0.340 e. The molecular weight excluding hydrogens is 390 g/mol. The highest BCUT2D eigenvalue weighted by Crippen LogP contribution is 2.25. The quantitative estimate of drug-likeness (QED) is 0.521. The van der Waals surface area contributed by atoms with Gasteiger partial charge in [-0.3, -0.25) is 4.79 Å². The number of ether oxygens (including phenoxy) is 1. The lowest BCUT2D eigenvalue weighted by Gasteiger charge is -2.35. The van der Waals surface area contributed by atoms with E-state index in [4.69, 9.17) is 4.74 Å². The summed E-state index contributed by atoms with van der Waals surface area (Å²) in [5.41, 5.74) is 5.60. The van der Waals surface area contributed by atoms with E-state index in [9.17, 15) is 9.59 Å². The van der Waals surface area contributed by atoms with Crippen molar-refractivity contribution in [2.75, 3.05) is 37.7 Å². The largest absolute Gasteiger partial charge is 0.462 e. The molecule has 0 aliphatic carbocycles. The van der Waals surface area contributed by atoms with Crippen LogP contribution in [0.15, 0.2) is 30.3 Å². The van der Waals surface area contributed by atoms with Crippen molar-refractivity contribution in [2.45, 2.75) is 41.2 Å². The predicted molar refractivity (Wildman–Crippen MR) is 125 cm³/mol. The highest BCUT2D eigenvalue weighted by molar-refractivity contribution is 5.99. The summed E-state index contributed by atoms with van der Waals surface area (Å²) in [4.78, 5) is 29.6. The molecule has 0 bridgehead atoms. The van der Waals surface area contributed by atoms with E-state index in [0.29, 0.717) is 25.3 Å². The second kappa shape index (κ2) is 9.86. The van der Waals surface area contributed by atoms with E-state index in [1.165, 1.54) is 11.3 Å². The molecule has 0 radical (unpaired) electrons. The van der Waals surface area contributed by atoms with Crippen molar-refractivity contribution < 1.29 is 14.3 Å². The number of nitrogens with zero attached hydrogens (tertiary/aromatic N) is 3. The number of hydrogen-bond donors (Lipinski definition) is 0. The minimum atomic E-state index is -0.339. The van der Waals surface area contributed by atoms with Crippen LogP contribution in [0.3, 0.4) is 0 Å². The lowest BCUT2D eigenvalue weighted by molar-refractivity contribution is -0.126. The first kappa shape index (κ1) is 22.7. The van der Waals surface area contributed by atoms with Crippen molar-refractivity contribution in [1.82, 2.24) is 9.47 Å². The van der Waals surface area contributed by atoms with Crippen molar-refractivity contribution >= 4 is 23.6 Å². The number of carbonyl (C=O) groups excluding carboxylic acids is 2. The second-order valence-corrected chi connectivity index (χ2v) is 7.91. The Morgan fingerprint density at radius 1 is 1.03 bits per heavy atom. The van der Waals surface area contributed by atoms with Crippen LogP contribution in [0.25, 0.3) is 6.08 Å². The molecule has 6 nitrogen and oxygen atoms in total. The van der Waals surface area contributed by atoms with Crippen LogP contribution in [0.5, 0.6) is 0 Å². The molecule has 1 amide bonds. The van der Waals surface area contributed by atoms with Crippen molar-refractivity contribution in [2.24, 2.45) is 0 Å². The lowest BCUT2D eigenvalue weighted by atomic mass is 10.1. The predicted octanol–water partition coefficient (Wildman–Crippen LogP) is 3.97. The summed E-state index contributed by atoms with van der Waals surface area (Å²) in [5, 5.41) is 0. The summed E-state index contributed by atoms with van der Waals surface area (Å²) < 4.78 is 7.34. The third kappa shape index (κ3) is 4.84. The van der Waals surface area contributed by atoms with Gasteiger partial charge in [-0.15, -0.1) is 0 Å². The fourth-order valence-corrected chi connectivity index (χ4v) is 4.32. The number of piperazine rings is 1. The van der Waals surface area contributed by atoms with Crippen molar-refractivity contribution in [3.63, 3.8) is 0 Å². The Bertz CT molecular complexity index is 982. The zero-order valence-corrected chi connectivity index (χ0v) is 19.3. The molecule has 6 heteroatoms. The van der Waals surface area contributed by atoms with Crippen molar-refractivity contribution in [3.05, 3.63) is 58.4 Å². The van der Waals surface area contributed by atoms with Gasteiger partial charge in [-0.1, -0.05) is 12.1 Å². The van der Waals surface area contributed by atoms with Crippen LogP contribution in [-0.2, 0) is 16.1 Å². The normalized spacial score (nSPS) is 14.4. The van der Waals surface area contributed by atoms with Gasteiger partial charge in [-0.2, -0.15) is 0 Å². The number of amides is 1. The van der Waals surface area contributed by atoms with Gasteiger partial charge in [0.05, 0.1) is 12.2 Å². The molecule has 166 valence electrons. The van der Waals surface area contributed by atoms with Crippen LogP contribution in [0.1, 0.15) is 46.7 Å². The number of carbonyl (C=O) groups is 2. The molecule has 0 spiro atoms. The average Bonchev–Trinajstić information content (AvgIpc) is 3.01. The fraction of sp³-hybridized carbons (Fsp3) is 0.440. The third-order valence-corrected chi connectivity index (χ3v) is 5.98. The van der Waals surface area contributed by atoms with Gasteiger partial charge in [0.2, 0.25) is 5.91 Å². The molecule has 0 saturated carbocycles. The van der Waals surface area contributed by atoms with Gasteiger partial charge in [-0.05, 0) is 58.4 Å². The molecule has 3 rings (SSSR count). The Kier molecular flexibility index (Phi) is 7.21. The number of anilines is 1. The van der Waals surface area contributed by atoms with E-state index in [-0.39, 0.29) is 11.9 Å². The third-order valence-electron chi connectivity index (χ3n) is 5.98. The molecule has 1 fully saturated rings. The SMILES string of the molecule is CCOC(=O)c1c(/C=C/C(=O)N2CCN(c3cccc(C)c3)CC2)c(C)n(CC)c1C. The Balaban J connectivity index is 1.72. The van der Waals surface area contributed by atoms with Gasteiger partial charge in [0.1, 0.15) is 0 Å². The molecule has 1 aromatic carbocycles. The van der Waals surface area contributed by atoms with Gasteiger partial charge in [0.15, 0.2) is 0 Å². The fourth-order valence-electron chi connectivity index (χ4n) is 4.32. The Morgan fingerprint density at radius 2 is 1.74 bits per heavy atom. The highest BCUT2D eigenvalue weighted by Gasteiger charge is 2.23. The van der Waals surface area contributed by atoms with Crippen molar-refractivity contribution in [3.8, 4) is 0 Å². The molecule has 0 atom stereocenters. The molecule has 1 aliphatic heterocycles. The molecule has 31 heavy (non-hydrogen) atoms. The molecule has 1 saturated heterocycles. The molecule has 1 aliphatic rings. The van der Waals surface area contributed by atoms with Crippen LogP contribution >= 0.6 is 0 Å². The lowest BCUT2D eigenvalue weighted by Crippen LogP contribution is -2.48. The summed E-state index contributed by atoms with van der Waals surface area (Å²) in [6.45, 7) is 13.9. The summed E-state index contributed by atoms with van der Waals surface area (Å²) in [6, 6.07) is 8.45. The summed E-state index contributed by atoms with van der Waals surface area (Å²) in [6.07, 6.45) is 3.36. The van der Waals surface area contributed by atoms with E-state index in [1.807, 2.05) is 25.7 Å². The maximum atomic E-state index is 12.8. The minimum absolute atomic E-state index is 0.0278. The van der Waals surface area contributed by atoms with Gasteiger partial charge in [-0.25, -0.2) is 4.79 Å². The minimum Gasteiger partial charge on any atom is -0.462 e. The average molecular weight is 424 g/mol. The summed E-state index contributed by atoms with van der Waals surface area (Å²) in [5.74, 6) is -0.367. The van der Waals surface area contributed by atoms with Crippen LogP contribution in [0, 0.1) is 20.8 Å². The topological polar surface area (TPSA) is 54.8 Å². The van der Waals surface area contributed by atoms with Gasteiger partial charge in [0.25, 0.3) is 0 Å². The monoisotopic (exact) mass is 423 g/mol. The molecule has 2 heterocycles. The van der Waals surface area contributed by atoms with Gasteiger partial charge < -0.3 is 19.1 Å². The van der Waals surface area contributed by atoms with Gasteiger partial charge in [0, 0.05) is 61.4 Å². The number of hydrogen-bond acceptors (Lipinski definition) is 4. The maximum absolute atomic E-state index is 12.8. The number of rotatable bonds is 6. The van der Waals surface area contributed by atoms with Crippen molar-refractivity contribution in [1.29, 1.82) is 0 Å². The Morgan fingerprint density at radius 3 is 2.35 bits per heavy atom.